The molecule has 0 radical (unpaired) electrons. The first-order valence-electron chi connectivity index (χ1n) is 13.1. The number of benzene rings is 3. The fourth-order valence-corrected chi connectivity index (χ4v) is 6.36. The van der Waals surface area contributed by atoms with Gasteiger partial charge in [-0.25, -0.2) is 0 Å². The Bertz CT molecular complexity index is 1320. The van der Waals surface area contributed by atoms with Crippen LogP contribution in [0.1, 0.15) is 36.3 Å². The lowest BCUT2D eigenvalue weighted by molar-refractivity contribution is -0.271. The molecule has 2 heterocycles. The van der Waals surface area contributed by atoms with Crippen LogP contribution >= 0.6 is 0 Å². The number of carbonyl (C=O) groups excluding carboxylic acids is 2. The first-order valence-corrected chi connectivity index (χ1v) is 13.1. The van der Waals surface area contributed by atoms with Crippen LogP contribution in [-0.2, 0) is 19.9 Å². The van der Waals surface area contributed by atoms with Gasteiger partial charge in [0.05, 0.1) is 0 Å². The van der Waals surface area contributed by atoms with Crippen LogP contribution in [0.2, 0.25) is 0 Å². The summed E-state index contributed by atoms with van der Waals surface area (Å²) in [7, 11) is 0.922. The van der Waals surface area contributed by atoms with Crippen molar-refractivity contribution in [2.75, 3.05) is 26.7 Å². The van der Waals surface area contributed by atoms with Crippen LogP contribution in [0.15, 0.2) is 84.9 Å². The first kappa shape index (κ1) is 26.9. The zero-order valence-corrected chi connectivity index (χ0v) is 21.7. The predicted octanol–water partition coefficient (Wildman–Crippen LogP) is 5.67. The van der Waals surface area contributed by atoms with Crippen molar-refractivity contribution in [3.8, 4) is 11.1 Å². The summed E-state index contributed by atoms with van der Waals surface area (Å²) in [5.41, 5.74) is -0.610. The Morgan fingerprint density at radius 3 is 2.13 bits per heavy atom. The molecule has 2 amide bonds. The molecular formula is C31H31F3N2O3. The molecule has 3 aromatic carbocycles. The molecule has 204 valence electrons. The Morgan fingerprint density at radius 1 is 0.923 bits per heavy atom. The molecule has 2 saturated heterocycles. The topological polar surface area (TPSA) is 58.6 Å². The minimum Gasteiger partial charge on any atom is -0.356 e. The van der Waals surface area contributed by atoms with E-state index >= 15 is 0 Å². The summed E-state index contributed by atoms with van der Waals surface area (Å²) in [4.78, 5) is 27.5. The number of likely N-dealkylation sites (tertiary alicyclic amines) is 1. The summed E-state index contributed by atoms with van der Waals surface area (Å²) >= 11 is 0. The van der Waals surface area contributed by atoms with Gasteiger partial charge in [0, 0.05) is 44.6 Å². The molecule has 39 heavy (non-hydrogen) atoms. The monoisotopic (exact) mass is 536 g/mol. The summed E-state index contributed by atoms with van der Waals surface area (Å²) in [6.45, 7) is 0.638. The molecule has 0 saturated carbocycles. The highest BCUT2D eigenvalue weighted by Gasteiger charge is 2.64. The second kappa shape index (κ2) is 10.5. The van der Waals surface area contributed by atoms with E-state index in [4.69, 9.17) is 4.74 Å². The molecule has 1 spiro atoms. The van der Waals surface area contributed by atoms with E-state index in [0.29, 0.717) is 19.4 Å². The van der Waals surface area contributed by atoms with Gasteiger partial charge in [0.25, 0.3) is 11.5 Å². The van der Waals surface area contributed by atoms with E-state index in [1.165, 1.54) is 29.2 Å². The molecule has 5 rings (SSSR count). The Hall–Kier alpha value is -3.65. The molecule has 0 aliphatic carbocycles. The van der Waals surface area contributed by atoms with Gasteiger partial charge in [0.2, 0.25) is 5.91 Å². The maximum absolute atomic E-state index is 14.5. The van der Waals surface area contributed by atoms with E-state index in [-0.39, 0.29) is 36.9 Å². The zero-order valence-electron chi connectivity index (χ0n) is 21.7. The van der Waals surface area contributed by atoms with Gasteiger partial charge in [0.15, 0.2) is 0 Å². The highest BCUT2D eigenvalue weighted by atomic mass is 19.4. The molecule has 2 aliphatic heterocycles. The minimum absolute atomic E-state index is 0.0484. The quantitative estimate of drug-likeness (QED) is 0.457. The molecule has 1 N–H and O–H groups in total. The Kier molecular flexibility index (Phi) is 7.25. The summed E-state index contributed by atoms with van der Waals surface area (Å²) in [6, 6.07) is 25.1. The van der Waals surface area contributed by atoms with Gasteiger partial charge in [-0.3, -0.25) is 9.59 Å². The van der Waals surface area contributed by atoms with Crippen molar-refractivity contribution in [2.45, 2.75) is 37.0 Å². The van der Waals surface area contributed by atoms with Gasteiger partial charge in [0.1, 0.15) is 0 Å². The molecule has 2 fully saturated rings. The number of alkyl halides is 3. The molecule has 2 aliphatic rings. The van der Waals surface area contributed by atoms with Gasteiger partial charge < -0.3 is 15.0 Å². The summed E-state index contributed by atoms with van der Waals surface area (Å²) in [5.74, 6) is -1.25. The van der Waals surface area contributed by atoms with Crippen molar-refractivity contribution in [1.29, 1.82) is 0 Å². The number of hydrogen-bond donors (Lipinski definition) is 1. The van der Waals surface area contributed by atoms with Crippen LogP contribution in [0.25, 0.3) is 11.1 Å². The number of amides is 2. The Morgan fingerprint density at radius 2 is 1.51 bits per heavy atom. The van der Waals surface area contributed by atoms with Gasteiger partial charge >= 0.3 is 6.18 Å². The number of nitrogens with one attached hydrogen (secondary N) is 1. The second-order valence-corrected chi connectivity index (χ2v) is 10.4. The van der Waals surface area contributed by atoms with Gasteiger partial charge in [-0.1, -0.05) is 84.9 Å². The van der Waals surface area contributed by atoms with E-state index < -0.39 is 23.1 Å². The van der Waals surface area contributed by atoms with Crippen LogP contribution < -0.4 is 5.32 Å². The molecule has 2 atom stereocenters. The number of carbonyl (C=O) groups is 2. The van der Waals surface area contributed by atoms with Crippen LogP contribution in [0.5, 0.6) is 0 Å². The van der Waals surface area contributed by atoms with Crippen LogP contribution in [-0.4, -0.2) is 49.6 Å². The van der Waals surface area contributed by atoms with Crippen molar-refractivity contribution in [3.63, 3.8) is 0 Å². The normalized spacial score (nSPS) is 20.8. The van der Waals surface area contributed by atoms with Crippen molar-refractivity contribution >= 4 is 11.8 Å². The van der Waals surface area contributed by atoms with E-state index in [1.54, 1.807) is 6.07 Å². The van der Waals surface area contributed by atoms with Gasteiger partial charge in [-0.05, 0) is 34.9 Å². The third-order valence-corrected chi connectivity index (χ3v) is 8.41. The first-order chi connectivity index (χ1) is 18.7. The molecule has 0 unspecified atom stereocenters. The largest absolute Gasteiger partial charge is 0.430 e. The fourth-order valence-electron chi connectivity index (χ4n) is 6.36. The van der Waals surface area contributed by atoms with E-state index in [1.807, 2.05) is 42.5 Å². The molecule has 0 aromatic heterocycles. The van der Waals surface area contributed by atoms with E-state index in [9.17, 15) is 22.8 Å². The number of rotatable bonds is 5. The molecule has 5 nitrogen and oxygen atoms in total. The summed E-state index contributed by atoms with van der Waals surface area (Å²) in [5, 5.41) is 3.00. The van der Waals surface area contributed by atoms with E-state index in [0.717, 1.165) is 23.8 Å². The number of halogens is 3. The molecule has 3 aromatic rings. The lowest BCUT2D eigenvalue weighted by Gasteiger charge is -2.50. The van der Waals surface area contributed by atoms with Crippen molar-refractivity contribution in [1.82, 2.24) is 10.2 Å². The zero-order chi connectivity index (χ0) is 27.7. The van der Waals surface area contributed by atoms with Gasteiger partial charge in [-0.2, -0.15) is 13.2 Å². The van der Waals surface area contributed by atoms with Crippen molar-refractivity contribution in [2.24, 2.45) is 5.41 Å². The Balaban J connectivity index is 1.46. The fraction of sp³-hybridized carbons (Fsp3) is 0.355. The van der Waals surface area contributed by atoms with Crippen LogP contribution in [0, 0.1) is 5.41 Å². The van der Waals surface area contributed by atoms with Gasteiger partial charge in [-0.15, -0.1) is 0 Å². The number of nitrogens with zero attached hydrogens (tertiary/aromatic N) is 1. The third kappa shape index (κ3) is 4.71. The average Bonchev–Trinajstić information content (AvgIpc) is 2.94. The van der Waals surface area contributed by atoms with Crippen molar-refractivity contribution < 1.29 is 27.5 Å². The average molecular weight is 537 g/mol. The molecular weight excluding hydrogens is 505 g/mol. The summed E-state index contributed by atoms with van der Waals surface area (Å²) < 4.78 is 48.6. The number of ether oxygens (including phenoxy) is 1. The van der Waals surface area contributed by atoms with Crippen LogP contribution in [0.3, 0.4) is 0 Å². The minimum atomic E-state index is -4.96. The van der Waals surface area contributed by atoms with E-state index in [2.05, 4.69) is 17.4 Å². The van der Waals surface area contributed by atoms with Crippen molar-refractivity contribution in [3.05, 3.63) is 96.1 Å². The summed E-state index contributed by atoms with van der Waals surface area (Å²) in [6.07, 6.45) is -3.88. The lowest BCUT2D eigenvalue weighted by Crippen LogP contribution is -2.60. The molecule has 8 heteroatoms. The maximum Gasteiger partial charge on any atom is 0.430 e. The van der Waals surface area contributed by atoms with Crippen LogP contribution in [0.4, 0.5) is 13.2 Å². The maximum atomic E-state index is 14.5. The third-order valence-electron chi connectivity index (χ3n) is 8.41. The number of hydrogen-bond acceptors (Lipinski definition) is 3. The Labute approximate surface area is 226 Å². The number of piperidine rings is 2. The SMILES string of the molecule is CO[C@@](C(=O)N1CCC2(CC1)CC(=O)NC[C@@H]2c1ccccc1-c1ccccc1)(c1ccccc1)C(F)(F)F. The predicted molar refractivity (Wildman–Crippen MR) is 142 cm³/mol. The second-order valence-electron chi connectivity index (χ2n) is 10.4. The lowest BCUT2D eigenvalue weighted by atomic mass is 9.61. The highest BCUT2D eigenvalue weighted by Crippen LogP contribution is 2.52. The highest BCUT2D eigenvalue weighted by molar-refractivity contribution is 5.88. The molecule has 0 bridgehead atoms. The number of methoxy groups -OCH3 is 1. The smallest absolute Gasteiger partial charge is 0.356 e. The standard InChI is InChI=1S/C31H31F3N2O3/c1-39-30(31(32,33)34,23-12-6-3-7-13-23)28(38)36-18-16-29(17-19-36)20-27(37)35-21-26(29)25-15-9-8-14-24(25)22-10-4-2-5-11-22/h2-15,26H,16-21H2,1H3,(H,35,37)/t26-,30-/m1/s1.